The van der Waals surface area contributed by atoms with Gasteiger partial charge < -0.3 is 16.2 Å². The molecule has 2 aromatic rings. The van der Waals surface area contributed by atoms with Crippen LogP contribution in [0.15, 0.2) is 22.7 Å². The van der Waals surface area contributed by atoms with Crippen molar-refractivity contribution in [3.63, 3.8) is 0 Å². The third-order valence-electron chi connectivity index (χ3n) is 5.88. The third-order valence-corrected chi connectivity index (χ3v) is 7.10. The van der Waals surface area contributed by atoms with Gasteiger partial charge in [-0.2, -0.15) is 4.98 Å². The van der Waals surface area contributed by atoms with Crippen molar-refractivity contribution in [2.24, 2.45) is 0 Å². The zero-order valence-electron chi connectivity index (χ0n) is 15.7. The Hall–Kier alpha value is -1.35. The summed E-state index contributed by atoms with van der Waals surface area (Å²) in [6, 6.07) is 7.40. The largest absolute Gasteiger partial charge is 0.378 e. The lowest BCUT2D eigenvalue weighted by Gasteiger charge is -2.44. The van der Waals surface area contributed by atoms with Crippen LogP contribution in [-0.2, 0) is 11.2 Å². The molecular formula is C19H26BrClN6O. The van der Waals surface area contributed by atoms with E-state index in [0.29, 0.717) is 18.0 Å². The molecule has 9 heteroatoms. The molecule has 152 valence electrons. The molecule has 1 saturated heterocycles. The summed E-state index contributed by atoms with van der Waals surface area (Å²) in [5, 5.41) is 5.01. The molecule has 0 radical (unpaired) electrons. The second-order valence-corrected chi connectivity index (χ2v) is 8.92. The first-order valence-electron chi connectivity index (χ1n) is 9.76. The van der Waals surface area contributed by atoms with Gasteiger partial charge in [-0.05, 0) is 65.7 Å². The number of ether oxygens (including phenoxy) is 1. The number of halogens is 2. The van der Waals surface area contributed by atoms with Crippen molar-refractivity contribution in [3.8, 4) is 0 Å². The molecule has 0 spiro atoms. The van der Waals surface area contributed by atoms with E-state index in [2.05, 4.69) is 43.0 Å². The average molecular weight is 470 g/mol. The van der Waals surface area contributed by atoms with Crippen molar-refractivity contribution in [3.05, 3.63) is 33.3 Å². The van der Waals surface area contributed by atoms with Gasteiger partial charge in [0.2, 0.25) is 11.9 Å². The van der Waals surface area contributed by atoms with Crippen LogP contribution < -0.4 is 11.5 Å². The monoisotopic (exact) mass is 468 g/mol. The number of aromatic nitrogens is 3. The first-order valence-corrected chi connectivity index (χ1v) is 10.9. The number of anilines is 2. The van der Waals surface area contributed by atoms with Gasteiger partial charge >= 0.3 is 0 Å². The van der Waals surface area contributed by atoms with E-state index in [-0.39, 0.29) is 12.0 Å². The minimum absolute atomic E-state index is 0.252. The van der Waals surface area contributed by atoms with Crippen LogP contribution in [0.5, 0.6) is 0 Å². The van der Waals surface area contributed by atoms with E-state index in [1.54, 1.807) is 4.68 Å². The van der Waals surface area contributed by atoms with Crippen molar-refractivity contribution >= 4 is 39.4 Å². The maximum Gasteiger partial charge on any atom is 0.241 e. The van der Waals surface area contributed by atoms with Crippen molar-refractivity contribution in [1.82, 2.24) is 19.7 Å². The lowest BCUT2D eigenvalue weighted by Crippen LogP contribution is -2.52. The smallest absolute Gasteiger partial charge is 0.241 e. The Morgan fingerprint density at radius 2 is 1.93 bits per heavy atom. The van der Waals surface area contributed by atoms with Crippen molar-refractivity contribution < 1.29 is 4.74 Å². The van der Waals surface area contributed by atoms with Crippen LogP contribution in [0.2, 0.25) is 5.02 Å². The number of hydrogen-bond acceptors (Lipinski definition) is 6. The van der Waals surface area contributed by atoms with Gasteiger partial charge in [0.25, 0.3) is 0 Å². The molecule has 2 aliphatic rings. The Morgan fingerprint density at radius 3 is 2.61 bits per heavy atom. The summed E-state index contributed by atoms with van der Waals surface area (Å²) in [6.45, 7) is 2.55. The number of hydrogen-bond donors (Lipinski definition) is 2. The lowest BCUT2D eigenvalue weighted by atomic mass is 9.88. The molecule has 1 aromatic heterocycles. The second-order valence-electron chi connectivity index (χ2n) is 7.65. The van der Waals surface area contributed by atoms with E-state index in [0.717, 1.165) is 61.4 Å². The first-order chi connectivity index (χ1) is 13.5. The second kappa shape index (κ2) is 8.57. The van der Waals surface area contributed by atoms with Crippen molar-refractivity contribution in [2.45, 2.75) is 50.2 Å². The quantitative estimate of drug-likeness (QED) is 0.713. The summed E-state index contributed by atoms with van der Waals surface area (Å²) in [7, 11) is 0. The summed E-state index contributed by atoms with van der Waals surface area (Å²) < 4.78 is 8.55. The van der Waals surface area contributed by atoms with Crippen LogP contribution in [-0.4, -0.2) is 51.5 Å². The Balaban J connectivity index is 1.41. The van der Waals surface area contributed by atoms with Crippen LogP contribution in [0, 0.1) is 0 Å². The van der Waals surface area contributed by atoms with Crippen LogP contribution in [0.4, 0.5) is 11.9 Å². The summed E-state index contributed by atoms with van der Waals surface area (Å²) in [5.41, 5.74) is 12.9. The average Bonchev–Trinajstić information content (AvgIpc) is 3.03. The maximum absolute atomic E-state index is 6.14. The van der Waals surface area contributed by atoms with Crippen molar-refractivity contribution in [1.29, 1.82) is 0 Å². The topological polar surface area (TPSA) is 95.2 Å². The summed E-state index contributed by atoms with van der Waals surface area (Å²) in [5.74, 6) is 0.667. The number of nitrogen functional groups attached to an aromatic ring is 2. The highest BCUT2D eigenvalue weighted by molar-refractivity contribution is 9.10. The van der Waals surface area contributed by atoms with E-state index in [1.165, 1.54) is 5.56 Å². The molecule has 4 rings (SSSR count). The van der Waals surface area contributed by atoms with Gasteiger partial charge in [-0.15, -0.1) is 5.10 Å². The van der Waals surface area contributed by atoms with Crippen LogP contribution in [0.3, 0.4) is 0 Å². The van der Waals surface area contributed by atoms with Gasteiger partial charge in [-0.25, -0.2) is 4.68 Å². The molecule has 0 amide bonds. The van der Waals surface area contributed by atoms with E-state index in [9.17, 15) is 0 Å². The molecule has 7 nitrogen and oxygen atoms in total. The van der Waals surface area contributed by atoms with E-state index in [1.807, 2.05) is 6.07 Å². The normalized spacial score (nSPS) is 26.4. The predicted octanol–water partition coefficient (Wildman–Crippen LogP) is 3.29. The molecular weight excluding hydrogens is 444 g/mol. The van der Waals surface area contributed by atoms with Gasteiger partial charge in [0.05, 0.1) is 24.3 Å². The molecule has 2 heterocycles. The number of nitrogens with zero attached hydrogens (tertiary/aromatic N) is 4. The highest BCUT2D eigenvalue weighted by Gasteiger charge is 2.33. The van der Waals surface area contributed by atoms with E-state index >= 15 is 0 Å². The molecule has 1 aliphatic heterocycles. The zero-order chi connectivity index (χ0) is 19.7. The fourth-order valence-corrected chi connectivity index (χ4v) is 5.06. The SMILES string of the molecule is Nc1nc(N)n(C2CCC(N3CCOCC3Cc3ccc(Cl)c(Br)c3)CC2)n1. The fraction of sp³-hybridized carbons (Fsp3) is 0.579. The molecule has 1 saturated carbocycles. The standard InChI is InChI=1S/C19H26BrClN6O/c20-16-10-12(1-6-17(16)21)9-15-11-28-8-7-26(15)13-2-4-14(5-3-13)27-19(23)24-18(22)25-27/h1,6,10,13-15H,2-5,7-9,11H2,(H4,22,23,24,25). The molecule has 28 heavy (non-hydrogen) atoms. The molecule has 0 bridgehead atoms. The Bertz CT molecular complexity index is 823. The highest BCUT2D eigenvalue weighted by Crippen LogP contribution is 2.34. The number of rotatable bonds is 4. The number of nitrogens with two attached hydrogens (primary N) is 2. The first kappa shape index (κ1) is 19.9. The molecule has 1 unspecified atom stereocenters. The predicted molar refractivity (Wildman–Crippen MR) is 114 cm³/mol. The van der Waals surface area contributed by atoms with Gasteiger partial charge in [0.15, 0.2) is 0 Å². The number of benzene rings is 1. The molecule has 4 N–H and O–H groups in total. The van der Waals surface area contributed by atoms with Crippen LogP contribution >= 0.6 is 27.5 Å². The van der Waals surface area contributed by atoms with Gasteiger partial charge in [-0.1, -0.05) is 17.7 Å². The maximum atomic E-state index is 6.14. The molecule has 1 aliphatic carbocycles. The summed E-state index contributed by atoms with van der Waals surface area (Å²) in [4.78, 5) is 6.67. The Kier molecular flexibility index (Phi) is 6.10. The lowest BCUT2D eigenvalue weighted by molar-refractivity contribution is -0.0382. The van der Waals surface area contributed by atoms with Crippen LogP contribution in [0.25, 0.3) is 0 Å². The van der Waals surface area contributed by atoms with E-state index in [4.69, 9.17) is 27.8 Å². The van der Waals surface area contributed by atoms with E-state index < -0.39 is 0 Å². The minimum atomic E-state index is 0.252. The van der Waals surface area contributed by atoms with Gasteiger partial charge in [-0.3, -0.25) is 4.90 Å². The number of morpholine rings is 1. The summed E-state index contributed by atoms with van der Waals surface area (Å²) in [6.07, 6.45) is 5.26. The Labute approximate surface area is 178 Å². The van der Waals surface area contributed by atoms with Crippen molar-refractivity contribution in [2.75, 3.05) is 31.2 Å². The van der Waals surface area contributed by atoms with Crippen LogP contribution in [0.1, 0.15) is 37.3 Å². The van der Waals surface area contributed by atoms with Gasteiger partial charge in [0, 0.05) is 23.1 Å². The minimum Gasteiger partial charge on any atom is -0.378 e. The molecule has 1 aromatic carbocycles. The highest BCUT2D eigenvalue weighted by atomic mass is 79.9. The Morgan fingerprint density at radius 1 is 1.18 bits per heavy atom. The van der Waals surface area contributed by atoms with Gasteiger partial charge in [0.1, 0.15) is 0 Å². The fourth-order valence-electron chi connectivity index (χ4n) is 4.52. The molecule has 2 fully saturated rings. The molecule has 1 atom stereocenters. The third kappa shape index (κ3) is 4.30. The summed E-state index contributed by atoms with van der Waals surface area (Å²) >= 11 is 9.67. The zero-order valence-corrected chi connectivity index (χ0v) is 18.1.